The lowest BCUT2D eigenvalue weighted by atomic mass is 10.3. The number of hydrogen-bond acceptors (Lipinski definition) is 5. The van der Waals surface area contributed by atoms with Gasteiger partial charge < -0.3 is 15.4 Å². The molecule has 9 heteroatoms. The number of ether oxygens (including phenoxy) is 1. The third-order valence-corrected chi connectivity index (χ3v) is 3.32. The lowest BCUT2D eigenvalue weighted by molar-refractivity contribution is -0.274. The predicted octanol–water partition coefficient (Wildman–Crippen LogP) is 3.07. The van der Waals surface area contributed by atoms with E-state index in [0.717, 1.165) is 0 Å². The van der Waals surface area contributed by atoms with Crippen LogP contribution in [0.3, 0.4) is 0 Å². The molecule has 0 spiro atoms. The summed E-state index contributed by atoms with van der Waals surface area (Å²) in [7, 11) is 1.54. The first-order valence-electron chi connectivity index (χ1n) is 6.13. The number of hydrogen-bond donors (Lipinski definition) is 2. The number of carbonyl (C=O) groups excluding carboxylic acids is 1. The molecule has 0 fully saturated rings. The van der Waals surface area contributed by atoms with E-state index < -0.39 is 6.36 Å². The van der Waals surface area contributed by atoms with Crippen LogP contribution in [0.25, 0.3) is 0 Å². The average molecular weight is 331 g/mol. The second kappa shape index (κ2) is 6.65. The van der Waals surface area contributed by atoms with Crippen LogP contribution >= 0.6 is 11.3 Å². The number of nitrogens with zero attached hydrogens (tertiary/aromatic N) is 1. The molecular formula is C13H12F3N3O2S. The molecule has 0 saturated heterocycles. The highest BCUT2D eigenvalue weighted by atomic mass is 32.1. The van der Waals surface area contributed by atoms with Gasteiger partial charge in [0, 0.05) is 18.1 Å². The van der Waals surface area contributed by atoms with Crippen molar-refractivity contribution in [2.75, 3.05) is 12.4 Å². The van der Waals surface area contributed by atoms with Gasteiger partial charge in [0.1, 0.15) is 5.75 Å². The zero-order chi connectivity index (χ0) is 16.2. The van der Waals surface area contributed by atoms with E-state index in [1.54, 1.807) is 12.4 Å². The quantitative estimate of drug-likeness (QED) is 0.884. The van der Waals surface area contributed by atoms with Crippen molar-refractivity contribution in [1.82, 2.24) is 10.3 Å². The second-order valence-electron chi connectivity index (χ2n) is 4.19. The van der Waals surface area contributed by atoms with Gasteiger partial charge in [0.15, 0.2) is 5.13 Å². The number of carbonyl (C=O) groups is 1. The molecular weight excluding hydrogens is 319 g/mol. The van der Waals surface area contributed by atoms with Crippen LogP contribution in [0, 0.1) is 0 Å². The van der Waals surface area contributed by atoms with Gasteiger partial charge in [-0.15, -0.1) is 24.5 Å². The van der Waals surface area contributed by atoms with Gasteiger partial charge in [-0.1, -0.05) is 0 Å². The van der Waals surface area contributed by atoms with Gasteiger partial charge in [-0.25, -0.2) is 4.98 Å². The summed E-state index contributed by atoms with van der Waals surface area (Å²) >= 11 is 1.30. The Bertz CT molecular complexity index is 641. The minimum atomic E-state index is -4.71. The molecule has 1 heterocycles. The second-order valence-corrected chi connectivity index (χ2v) is 5.05. The van der Waals surface area contributed by atoms with Crippen LogP contribution in [-0.4, -0.2) is 24.3 Å². The average Bonchev–Trinajstić information content (AvgIpc) is 2.86. The predicted molar refractivity (Wildman–Crippen MR) is 76.3 cm³/mol. The minimum Gasteiger partial charge on any atom is -0.406 e. The molecule has 5 nitrogen and oxygen atoms in total. The SMILES string of the molecule is CNC(=O)Cc1csc(Nc2ccc(OC(F)(F)F)cc2)n1. The molecule has 2 rings (SSSR count). The topological polar surface area (TPSA) is 63.2 Å². The molecule has 22 heavy (non-hydrogen) atoms. The Kier molecular flexibility index (Phi) is 4.86. The third kappa shape index (κ3) is 4.92. The van der Waals surface area contributed by atoms with Gasteiger partial charge in [-0.3, -0.25) is 4.79 Å². The van der Waals surface area contributed by atoms with Crippen LogP contribution in [0.2, 0.25) is 0 Å². The summed E-state index contributed by atoms with van der Waals surface area (Å²) in [6, 6.07) is 5.30. The van der Waals surface area contributed by atoms with Crippen LogP contribution in [0.4, 0.5) is 24.0 Å². The molecule has 1 aromatic heterocycles. The molecule has 0 radical (unpaired) electrons. The molecule has 2 N–H and O–H groups in total. The van der Waals surface area contributed by atoms with Crippen LogP contribution in [0.1, 0.15) is 5.69 Å². The van der Waals surface area contributed by atoms with Crippen LogP contribution in [-0.2, 0) is 11.2 Å². The summed E-state index contributed by atoms with van der Waals surface area (Å²) in [5.41, 5.74) is 1.18. The summed E-state index contributed by atoms with van der Waals surface area (Å²) < 4.78 is 39.9. The van der Waals surface area contributed by atoms with E-state index in [-0.39, 0.29) is 18.1 Å². The first-order chi connectivity index (χ1) is 10.4. The van der Waals surface area contributed by atoms with Gasteiger partial charge in [0.25, 0.3) is 0 Å². The molecule has 2 aromatic rings. The molecule has 0 bridgehead atoms. The van der Waals surface area contributed by atoms with Gasteiger partial charge >= 0.3 is 6.36 Å². The first kappa shape index (κ1) is 16.1. The van der Waals surface area contributed by atoms with Crippen molar-refractivity contribution in [3.63, 3.8) is 0 Å². The molecule has 1 amide bonds. The fourth-order valence-corrected chi connectivity index (χ4v) is 2.29. The van der Waals surface area contributed by atoms with Crippen LogP contribution < -0.4 is 15.4 Å². The number of amides is 1. The number of benzene rings is 1. The van der Waals surface area contributed by atoms with Crippen molar-refractivity contribution >= 4 is 28.1 Å². The van der Waals surface area contributed by atoms with Gasteiger partial charge in [0.2, 0.25) is 5.91 Å². The largest absolute Gasteiger partial charge is 0.573 e. The Labute approximate surface area is 128 Å². The number of aromatic nitrogens is 1. The Morgan fingerprint density at radius 1 is 1.32 bits per heavy atom. The fourth-order valence-electron chi connectivity index (χ4n) is 1.56. The molecule has 118 valence electrons. The number of likely N-dealkylation sites (N-methyl/N-ethyl adjacent to an activating group) is 1. The number of anilines is 2. The molecule has 0 unspecified atom stereocenters. The number of halogens is 3. The van der Waals surface area contributed by atoms with Crippen LogP contribution in [0.5, 0.6) is 5.75 Å². The maximum atomic E-state index is 12.0. The van der Waals surface area contributed by atoms with E-state index >= 15 is 0 Å². The van der Waals surface area contributed by atoms with Gasteiger partial charge in [-0.05, 0) is 24.3 Å². The van der Waals surface area contributed by atoms with Gasteiger partial charge in [0.05, 0.1) is 12.1 Å². The highest BCUT2D eigenvalue weighted by Crippen LogP contribution is 2.26. The Morgan fingerprint density at radius 2 is 2.00 bits per heavy atom. The highest BCUT2D eigenvalue weighted by Gasteiger charge is 2.30. The molecule has 0 saturated carbocycles. The molecule has 1 aromatic carbocycles. The van der Waals surface area contributed by atoms with Gasteiger partial charge in [-0.2, -0.15) is 0 Å². The molecule has 0 aliphatic rings. The Hall–Kier alpha value is -2.29. The van der Waals surface area contributed by atoms with E-state index in [0.29, 0.717) is 16.5 Å². The summed E-state index contributed by atoms with van der Waals surface area (Å²) in [4.78, 5) is 15.4. The monoisotopic (exact) mass is 331 g/mol. The van der Waals surface area contributed by atoms with E-state index in [1.807, 2.05) is 0 Å². The maximum absolute atomic E-state index is 12.0. The summed E-state index contributed by atoms with van der Waals surface area (Å²) in [5.74, 6) is -0.442. The Balaban J connectivity index is 1.97. The van der Waals surface area contributed by atoms with E-state index in [1.165, 1.54) is 35.6 Å². The lowest BCUT2D eigenvalue weighted by Crippen LogP contribution is -2.20. The fraction of sp³-hybridized carbons (Fsp3) is 0.231. The van der Waals surface area contributed by atoms with E-state index in [9.17, 15) is 18.0 Å². The highest BCUT2D eigenvalue weighted by molar-refractivity contribution is 7.13. The zero-order valence-corrected chi connectivity index (χ0v) is 12.2. The van der Waals surface area contributed by atoms with E-state index in [2.05, 4.69) is 20.4 Å². The molecule has 0 aliphatic heterocycles. The maximum Gasteiger partial charge on any atom is 0.573 e. The number of nitrogens with one attached hydrogen (secondary N) is 2. The Morgan fingerprint density at radius 3 is 2.59 bits per heavy atom. The zero-order valence-electron chi connectivity index (χ0n) is 11.4. The van der Waals surface area contributed by atoms with Crippen molar-refractivity contribution in [3.05, 3.63) is 35.3 Å². The third-order valence-electron chi connectivity index (χ3n) is 2.51. The minimum absolute atomic E-state index is 0.148. The summed E-state index contributed by atoms with van der Waals surface area (Å²) in [6.07, 6.45) is -4.54. The first-order valence-corrected chi connectivity index (χ1v) is 7.01. The standard InChI is InChI=1S/C13H12F3N3O2S/c1-17-11(20)6-9-7-22-12(19-9)18-8-2-4-10(5-3-8)21-13(14,15)16/h2-5,7H,6H2,1H3,(H,17,20)(H,18,19). The summed E-state index contributed by atoms with van der Waals surface area (Å²) in [6.45, 7) is 0. The normalized spacial score (nSPS) is 11.1. The van der Waals surface area contributed by atoms with Crippen molar-refractivity contribution in [2.24, 2.45) is 0 Å². The van der Waals surface area contributed by atoms with Crippen LogP contribution in [0.15, 0.2) is 29.6 Å². The molecule has 0 aliphatic carbocycles. The van der Waals surface area contributed by atoms with Crippen molar-refractivity contribution in [1.29, 1.82) is 0 Å². The summed E-state index contributed by atoms with van der Waals surface area (Å²) in [5, 5.41) is 7.72. The number of thiazole rings is 1. The van der Waals surface area contributed by atoms with Crippen molar-refractivity contribution in [3.8, 4) is 5.75 Å². The number of alkyl halides is 3. The molecule has 0 atom stereocenters. The lowest BCUT2D eigenvalue weighted by Gasteiger charge is -2.09. The van der Waals surface area contributed by atoms with Crippen molar-refractivity contribution < 1.29 is 22.7 Å². The van der Waals surface area contributed by atoms with E-state index in [4.69, 9.17) is 0 Å². The number of rotatable bonds is 5. The smallest absolute Gasteiger partial charge is 0.406 e. The van der Waals surface area contributed by atoms with Crippen molar-refractivity contribution in [2.45, 2.75) is 12.8 Å².